The molecule has 124 valence electrons. The van der Waals surface area contributed by atoms with E-state index in [2.05, 4.69) is 12.2 Å². The van der Waals surface area contributed by atoms with Gasteiger partial charge in [0.15, 0.2) is 0 Å². The number of ether oxygens (including phenoxy) is 1. The van der Waals surface area contributed by atoms with Crippen LogP contribution in [0.25, 0.3) is 0 Å². The number of nitrogens with two attached hydrogens (primary N) is 1. The summed E-state index contributed by atoms with van der Waals surface area (Å²) in [5.41, 5.74) is 8.03. The van der Waals surface area contributed by atoms with Gasteiger partial charge in [-0.15, -0.1) is 12.4 Å². The topological polar surface area (TPSA) is 64.3 Å². The first-order chi connectivity index (χ1) is 10.7. The number of hydrogen-bond donors (Lipinski definition) is 2. The fraction of sp³-hybridized carbons (Fsp3) is 0.278. The predicted molar refractivity (Wildman–Crippen MR) is 96.6 cm³/mol. The van der Waals surface area contributed by atoms with Crippen molar-refractivity contribution in [3.8, 4) is 5.75 Å². The zero-order valence-electron chi connectivity index (χ0n) is 13.2. The lowest BCUT2D eigenvalue weighted by Gasteiger charge is -2.08. The number of rotatable bonds is 7. The Hall–Kier alpha value is -2.04. The van der Waals surface area contributed by atoms with E-state index in [9.17, 15) is 4.79 Å². The molecule has 23 heavy (non-hydrogen) atoms. The maximum atomic E-state index is 12.2. The molecule has 0 aliphatic rings. The third-order valence-corrected chi connectivity index (χ3v) is 3.25. The number of benzene rings is 2. The lowest BCUT2D eigenvalue weighted by atomic mass is 10.1. The summed E-state index contributed by atoms with van der Waals surface area (Å²) >= 11 is 0. The molecule has 1 amide bonds. The van der Waals surface area contributed by atoms with Crippen LogP contribution in [0.15, 0.2) is 48.5 Å². The van der Waals surface area contributed by atoms with Gasteiger partial charge in [0.05, 0.1) is 0 Å². The molecule has 0 heterocycles. The van der Waals surface area contributed by atoms with Crippen LogP contribution in [0.4, 0.5) is 5.69 Å². The molecule has 5 heteroatoms. The van der Waals surface area contributed by atoms with Crippen molar-refractivity contribution >= 4 is 24.0 Å². The van der Waals surface area contributed by atoms with Crippen molar-refractivity contribution < 1.29 is 9.53 Å². The van der Waals surface area contributed by atoms with E-state index in [0.29, 0.717) is 18.7 Å². The van der Waals surface area contributed by atoms with Crippen LogP contribution in [0.1, 0.15) is 29.3 Å². The van der Waals surface area contributed by atoms with Crippen LogP contribution in [-0.2, 0) is 6.42 Å². The maximum Gasteiger partial charge on any atom is 0.255 e. The monoisotopic (exact) mass is 334 g/mol. The van der Waals surface area contributed by atoms with Gasteiger partial charge >= 0.3 is 0 Å². The Morgan fingerprint density at radius 1 is 1.09 bits per heavy atom. The highest BCUT2D eigenvalue weighted by molar-refractivity contribution is 6.04. The van der Waals surface area contributed by atoms with Gasteiger partial charge in [-0.05, 0) is 48.4 Å². The highest BCUT2D eigenvalue weighted by atomic mass is 35.5. The third-order valence-electron chi connectivity index (χ3n) is 3.25. The van der Waals surface area contributed by atoms with Crippen LogP contribution in [0.3, 0.4) is 0 Å². The summed E-state index contributed by atoms with van der Waals surface area (Å²) in [4.78, 5) is 12.2. The van der Waals surface area contributed by atoms with Crippen molar-refractivity contribution in [1.29, 1.82) is 0 Å². The van der Waals surface area contributed by atoms with Crippen LogP contribution in [0.2, 0.25) is 0 Å². The van der Waals surface area contributed by atoms with E-state index in [1.165, 1.54) is 5.56 Å². The molecule has 0 bridgehead atoms. The van der Waals surface area contributed by atoms with Gasteiger partial charge in [0.25, 0.3) is 5.91 Å². The summed E-state index contributed by atoms with van der Waals surface area (Å²) in [7, 11) is 0. The van der Waals surface area contributed by atoms with E-state index >= 15 is 0 Å². The molecule has 0 aliphatic carbocycles. The summed E-state index contributed by atoms with van der Waals surface area (Å²) in [5.74, 6) is 0.631. The first kappa shape index (κ1) is 19.0. The van der Waals surface area contributed by atoms with Crippen molar-refractivity contribution in [3.05, 3.63) is 59.7 Å². The Balaban J connectivity index is 0.00000264. The Morgan fingerprint density at radius 3 is 2.30 bits per heavy atom. The summed E-state index contributed by atoms with van der Waals surface area (Å²) < 4.78 is 5.40. The van der Waals surface area contributed by atoms with Gasteiger partial charge < -0.3 is 15.8 Å². The van der Waals surface area contributed by atoms with Crippen molar-refractivity contribution in [2.24, 2.45) is 5.73 Å². The van der Waals surface area contributed by atoms with Crippen molar-refractivity contribution in [2.45, 2.75) is 19.8 Å². The Morgan fingerprint density at radius 2 is 1.74 bits per heavy atom. The zero-order chi connectivity index (χ0) is 15.8. The number of carbonyl (C=O) groups is 1. The minimum atomic E-state index is -0.112. The first-order valence-electron chi connectivity index (χ1n) is 7.56. The summed E-state index contributed by atoms with van der Waals surface area (Å²) in [6, 6.07) is 15.0. The quantitative estimate of drug-likeness (QED) is 0.812. The minimum absolute atomic E-state index is 0. The normalized spacial score (nSPS) is 9.83. The van der Waals surface area contributed by atoms with E-state index in [1.54, 1.807) is 0 Å². The van der Waals surface area contributed by atoms with Gasteiger partial charge in [0, 0.05) is 17.8 Å². The Bertz CT molecular complexity index is 597. The van der Waals surface area contributed by atoms with Crippen LogP contribution in [0, 0.1) is 0 Å². The Labute approximate surface area is 143 Å². The van der Waals surface area contributed by atoms with Crippen molar-refractivity contribution in [3.63, 3.8) is 0 Å². The van der Waals surface area contributed by atoms with E-state index in [0.717, 1.165) is 24.3 Å². The van der Waals surface area contributed by atoms with E-state index in [-0.39, 0.29) is 18.3 Å². The highest BCUT2D eigenvalue weighted by Crippen LogP contribution is 2.16. The van der Waals surface area contributed by atoms with E-state index in [1.807, 2.05) is 48.5 Å². The smallest absolute Gasteiger partial charge is 0.255 e. The van der Waals surface area contributed by atoms with E-state index in [4.69, 9.17) is 10.5 Å². The first-order valence-corrected chi connectivity index (χ1v) is 7.56. The second kappa shape index (κ2) is 9.87. The standard InChI is InChI=1S/C18H22N2O2.ClH/c1-2-3-14-4-6-15(7-5-14)18(21)20-16-8-10-17(11-9-16)22-13-12-19;/h4-11H,2-3,12-13,19H2,1H3,(H,20,21);1H. The number of nitrogens with one attached hydrogen (secondary N) is 1. The van der Waals surface area contributed by atoms with Gasteiger partial charge in [0.2, 0.25) is 0 Å². The molecule has 0 unspecified atom stereocenters. The van der Waals surface area contributed by atoms with Crippen molar-refractivity contribution in [1.82, 2.24) is 0 Å². The molecule has 0 fully saturated rings. The molecule has 0 aliphatic heterocycles. The molecule has 0 aromatic heterocycles. The average Bonchev–Trinajstić information content (AvgIpc) is 2.55. The SMILES string of the molecule is CCCc1ccc(C(=O)Nc2ccc(OCCN)cc2)cc1.Cl. The molecule has 2 aromatic carbocycles. The van der Waals surface area contributed by atoms with E-state index < -0.39 is 0 Å². The second-order valence-electron chi connectivity index (χ2n) is 5.06. The van der Waals surface area contributed by atoms with Gasteiger partial charge in [-0.25, -0.2) is 0 Å². The molecule has 0 spiro atoms. The number of hydrogen-bond acceptors (Lipinski definition) is 3. The van der Waals surface area contributed by atoms with Crippen LogP contribution in [0.5, 0.6) is 5.75 Å². The molecule has 0 saturated carbocycles. The second-order valence-corrected chi connectivity index (χ2v) is 5.06. The number of halogens is 1. The number of amides is 1. The van der Waals surface area contributed by atoms with Gasteiger partial charge in [-0.1, -0.05) is 25.5 Å². The number of aryl methyl sites for hydroxylation is 1. The van der Waals surface area contributed by atoms with Crippen LogP contribution < -0.4 is 15.8 Å². The van der Waals surface area contributed by atoms with Crippen LogP contribution in [-0.4, -0.2) is 19.1 Å². The third kappa shape index (κ3) is 5.93. The fourth-order valence-corrected chi connectivity index (χ4v) is 2.13. The lowest BCUT2D eigenvalue weighted by molar-refractivity contribution is 0.102. The Kier molecular flexibility index (Phi) is 8.16. The number of carbonyl (C=O) groups excluding carboxylic acids is 1. The molecule has 0 radical (unpaired) electrons. The zero-order valence-corrected chi connectivity index (χ0v) is 14.1. The fourth-order valence-electron chi connectivity index (χ4n) is 2.13. The molecule has 0 atom stereocenters. The lowest BCUT2D eigenvalue weighted by Crippen LogP contribution is -2.12. The molecular weight excluding hydrogens is 312 g/mol. The largest absolute Gasteiger partial charge is 0.492 e. The minimum Gasteiger partial charge on any atom is -0.492 e. The molecule has 3 N–H and O–H groups in total. The molecule has 4 nitrogen and oxygen atoms in total. The average molecular weight is 335 g/mol. The van der Waals surface area contributed by atoms with Crippen molar-refractivity contribution in [2.75, 3.05) is 18.5 Å². The summed E-state index contributed by atoms with van der Waals surface area (Å²) in [5, 5.41) is 2.87. The van der Waals surface area contributed by atoms with Crippen LogP contribution >= 0.6 is 12.4 Å². The number of anilines is 1. The predicted octanol–water partition coefficient (Wildman–Crippen LogP) is 3.65. The summed E-state index contributed by atoms with van der Waals surface area (Å²) in [6.07, 6.45) is 2.14. The van der Waals surface area contributed by atoms with Gasteiger partial charge in [-0.2, -0.15) is 0 Å². The maximum absolute atomic E-state index is 12.2. The van der Waals surface area contributed by atoms with Gasteiger partial charge in [0.1, 0.15) is 12.4 Å². The van der Waals surface area contributed by atoms with Gasteiger partial charge in [-0.3, -0.25) is 4.79 Å². The molecule has 2 rings (SSSR count). The molecule has 2 aromatic rings. The molecular formula is C18H23ClN2O2. The highest BCUT2D eigenvalue weighted by Gasteiger charge is 2.06. The summed E-state index contributed by atoms with van der Waals surface area (Å²) in [6.45, 7) is 3.10. The molecule has 0 saturated heterocycles.